The molecule has 0 saturated carbocycles. The van der Waals surface area contributed by atoms with Gasteiger partial charge in [-0.15, -0.1) is 0 Å². The number of nitrogens with two attached hydrogens (primary N) is 1. The molecule has 1 unspecified atom stereocenters. The monoisotopic (exact) mass is 280 g/mol. The van der Waals surface area contributed by atoms with E-state index in [0.29, 0.717) is 5.92 Å². The fourth-order valence-corrected chi connectivity index (χ4v) is 2.78. The van der Waals surface area contributed by atoms with E-state index in [1.165, 1.54) is 0 Å². The summed E-state index contributed by atoms with van der Waals surface area (Å²) in [6.45, 7) is 4.41. The van der Waals surface area contributed by atoms with E-state index < -0.39 is 0 Å². The molecule has 0 aliphatic carbocycles. The van der Waals surface area contributed by atoms with Gasteiger partial charge < -0.3 is 9.47 Å². The zero-order valence-electron chi connectivity index (χ0n) is 13.1. The van der Waals surface area contributed by atoms with Crippen LogP contribution in [0.3, 0.4) is 0 Å². The van der Waals surface area contributed by atoms with Gasteiger partial charge in [-0.2, -0.15) is 0 Å². The minimum absolute atomic E-state index is 0.0833. The lowest BCUT2D eigenvalue weighted by Crippen LogP contribution is -2.34. The number of benzene rings is 1. The van der Waals surface area contributed by atoms with Gasteiger partial charge in [0.25, 0.3) is 0 Å². The van der Waals surface area contributed by atoms with Crippen LogP contribution in [0.1, 0.15) is 51.1 Å². The third kappa shape index (κ3) is 4.12. The number of nitrogens with one attached hydrogen (secondary N) is 1. The van der Waals surface area contributed by atoms with Crippen LogP contribution in [-0.4, -0.2) is 14.2 Å². The highest BCUT2D eigenvalue weighted by molar-refractivity contribution is 5.42. The normalized spacial score (nSPS) is 12.5. The van der Waals surface area contributed by atoms with Gasteiger partial charge in [0.15, 0.2) is 0 Å². The van der Waals surface area contributed by atoms with Gasteiger partial charge in [-0.1, -0.05) is 26.7 Å². The molecule has 1 rings (SSSR count). The Morgan fingerprint density at radius 3 is 2.20 bits per heavy atom. The summed E-state index contributed by atoms with van der Waals surface area (Å²) in [6.07, 6.45) is 4.58. The summed E-state index contributed by atoms with van der Waals surface area (Å²) in [4.78, 5) is 0. The molecular formula is C16H28N2O2. The summed E-state index contributed by atoms with van der Waals surface area (Å²) >= 11 is 0. The second-order valence-corrected chi connectivity index (χ2v) is 5.09. The lowest BCUT2D eigenvalue weighted by atomic mass is 9.86. The zero-order chi connectivity index (χ0) is 15.0. The maximum atomic E-state index is 5.83. The van der Waals surface area contributed by atoms with Gasteiger partial charge in [0.1, 0.15) is 11.5 Å². The number of methoxy groups -OCH3 is 2. The number of ether oxygens (including phenoxy) is 2. The van der Waals surface area contributed by atoms with Crippen LogP contribution in [0.5, 0.6) is 11.5 Å². The minimum atomic E-state index is 0.0833. The third-order valence-corrected chi connectivity index (χ3v) is 3.74. The maximum absolute atomic E-state index is 5.83. The van der Waals surface area contributed by atoms with Crippen molar-refractivity contribution in [1.82, 2.24) is 5.43 Å². The largest absolute Gasteiger partial charge is 0.497 e. The molecule has 4 nitrogen and oxygen atoms in total. The highest BCUT2D eigenvalue weighted by Gasteiger charge is 2.24. The van der Waals surface area contributed by atoms with E-state index in [4.69, 9.17) is 15.3 Å². The van der Waals surface area contributed by atoms with Gasteiger partial charge >= 0.3 is 0 Å². The van der Waals surface area contributed by atoms with Crippen molar-refractivity contribution in [2.24, 2.45) is 11.8 Å². The molecule has 0 aliphatic heterocycles. The summed E-state index contributed by atoms with van der Waals surface area (Å²) in [5.74, 6) is 8.01. The lowest BCUT2D eigenvalue weighted by Gasteiger charge is -2.28. The van der Waals surface area contributed by atoms with Gasteiger partial charge in [0.2, 0.25) is 0 Å². The van der Waals surface area contributed by atoms with Gasteiger partial charge in [-0.3, -0.25) is 11.3 Å². The lowest BCUT2D eigenvalue weighted by molar-refractivity contribution is 0.306. The highest BCUT2D eigenvalue weighted by Crippen LogP contribution is 2.36. The van der Waals surface area contributed by atoms with Crippen LogP contribution < -0.4 is 20.7 Å². The number of hydrogen-bond donors (Lipinski definition) is 2. The first kappa shape index (κ1) is 16.8. The van der Waals surface area contributed by atoms with Crippen LogP contribution in [0.15, 0.2) is 18.2 Å². The first-order valence-corrected chi connectivity index (χ1v) is 7.39. The number of rotatable bonds is 9. The Morgan fingerprint density at radius 2 is 1.75 bits per heavy atom. The Labute approximate surface area is 122 Å². The average molecular weight is 280 g/mol. The predicted octanol–water partition coefficient (Wildman–Crippen LogP) is 3.42. The van der Waals surface area contributed by atoms with Gasteiger partial charge in [0.05, 0.1) is 20.3 Å². The van der Waals surface area contributed by atoms with E-state index in [1.54, 1.807) is 14.2 Å². The number of hydrazine groups is 1. The fourth-order valence-electron chi connectivity index (χ4n) is 2.78. The van der Waals surface area contributed by atoms with Crippen molar-refractivity contribution < 1.29 is 9.47 Å². The first-order chi connectivity index (χ1) is 9.71. The minimum Gasteiger partial charge on any atom is -0.497 e. The molecule has 1 atom stereocenters. The van der Waals surface area contributed by atoms with Crippen molar-refractivity contribution in [3.8, 4) is 11.5 Å². The van der Waals surface area contributed by atoms with Crippen LogP contribution in [0.25, 0.3) is 0 Å². The van der Waals surface area contributed by atoms with Crippen LogP contribution >= 0.6 is 0 Å². The molecular weight excluding hydrogens is 252 g/mol. The fraction of sp³-hybridized carbons (Fsp3) is 0.625. The Kier molecular flexibility index (Phi) is 7.41. The second kappa shape index (κ2) is 8.82. The van der Waals surface area contributed by atoms with Crippen molar-refractivity contribution >= 4 is 0 Å². The summed E-state index contributed by atoms with van der Waals surface area (Å²) < 4.78 is 10.8. The predicted molar refractivity (Wildman–Crippen MR) is 82.9 cm³/mol. The Balaban J connectivity index is 3.13. The van der Waals surface area contributed by atoms with Crippen molar-refractivity contribution in [2.45, 2.75) is 45.6 Å². The van der Waals surface area contributed by atoms with Gasteiger partial charge in [-0.05, 0) is 37.0 Å². The van der Waals surface area contributed by atoms with Crippen molar-refractivity contribution in [2.75, 3.05) is 14.2 Å². The quantitative estimate of drug-likeness (QED) is 0.537. The van der Waals surface area contributed by atoms with Crippen molar-refractivity contribution in [1.29, 1.82) is 0 Å². The molecule has 20 heavy (non-hydrogen) atoms. The van der Waals surface area contributed by atoms with Crippen LogP contribution in [0.2, 0.25) is 0 Å². The summed E-state index contributed by atoms with van der Waals surface area (Å²) in [5.41, 5.74) is 4.05. The molecule has 0 spiro atoms. The first-order valence-electron chi connectivity index (χ1n) is 7.39. The van der Waals surface area contributed by atoms with E-state index in [-0.39, 0.29) is 6.04 Å². The molecule has 4 heteroatoms. The Morgan fingerprint density at radius 1 is 1.10 bits per heavy atom. The number of hydrogen-bond acceptors (Lipinski definition) is 4. The molecule has 0 amide bonds. The van der Waals surface area contributed by atoms with E-state index in [2.05, 4.69) is 19.3 Å². The molecule has 0 aliphatic rings. The summed E-state index contributed by atoms with van der Waals surface area (Å²) in [5, 5.41) is 0. The average Bonchev–Trinajstić information content (AvgIpc) is 2.48. The Hall–Kier alpha value is -1.26. The molecule has 0 bridgehead atoms. The van der Waals surface area contributed by atoms with Crippen LogP contribution in [0.4, 0.5) is 0 Å². The van der Waals surface area contributed by atoms with Crippen molar-refractivity contribution in [3.05, 3.63) is 23.8 Å². The van der Waals surface area contributed by atoms with E-state index >= 15 is 0 Å². The molecule has 0 heterocycles. The van der Waals surface area contributed by atoms with Crippen LogP contribution in [0, 0.1) is 5.92 Å². The SMILES string of the molecule is CCCC(CCC)C(NN)c1cc(OC)ccc1OC. The molecule has 1 aromatic rings. The van der Waals surface area contributed by atoms with Crippen LogP contribution in [-0.2, 0) is 0 Å². The zero-order valence-corrected chi connectivity index (χ0v) is 13.1. The summed E-state index contributed by atoms with van der Waals surface area (Å²) in [7, 11) is 3.36. The summed E-state index contributed by atoms with van der Waals surface area (Å²) in [6, 6.07) is 5.94. The standard InChI is InChI=1S/C16H28N2O2/c1-5-7-12(8-6-2)16(18-17)14-11-13(19-3)9-10-15(14)20-4/h9-12,16,18H,5-8,17H2,1-4H3. The molecule has 0 fully saturated rings. The smallest absolute Gasteiger partial charge is 0.123 e. The van der Waals surface area contributed by atoms with Crippen molar-refractivity contribution in [3.63, 3.8) is 0 Å². The molecule has 0 aromatic heterocycles. The molecule has 114 valence electrons. The molecule has 3 N–H and O–H groups in total. The third-order valence-electron chi connectivity index (χ3n) is 3.74. The van der Waals surface area contributed by atoms with Gasteiger partial charge in [-0.25, -0.2) is 0 Å². The second-order valence-electron chi connectivity index (χ2n) is 5.09. The van der Waals surface area contributed by atoms with Gasteiger partial charge in [0, 0.05) is 5.56 Å². The molecule has 1 aromatic carbocycles. The highest BCUT2D eigenvalue weighted by atomic mass is 16.5. The van der Waals surface area contributed by atoms with E-state index in [1.807, 2.05) is 18.2 Å². The molecule has 0 radical (unpaired) electrons. The van der Waals surface area contributed by atoms with E-state index in [0.717, 1.165) is 42.7 Å². The maximum Gasteiger partial charge on any atom is 0.123 e. The van der Waals surface area contributed by atoms with E-state index in [9.17, 15) is 0 Å². The topological polar surface area (TPSA) is 56.5 Å². The molecule has 0 saturated heterocycles. The Bertz CT molecular complexity index is 390.